The molecule has 0 aliphatic heterocycles. The van der Waals surface area contributed by atoms with Gasteiger partial charge in [0.25, 0.3) is 0 Å². The van der Waals surface area contributed by atoms with Gasteiger partial charge in [-0.1, -0.05) is 61.0 Å². The fraction of sp³-hybridized carbons (Fsp3) is 0.242. The van der Waals surface area contributed by atoms with Crippen LogP contribution < -0.4 is 15.4 Å². The van der Waals surface area contributed by atoms with E-state index in [4.69, 9.17) is 4.74 Å². The summed E-state index contributed by atoms with van der Waals surface area (Å²) < 4.78 is 20.5. The molecular weight excluding hydrogens is 489 g/mol. The van der Waals surface area contributed by atoms with Gasteiger partial charge in [-0.05, 0) is 70.9 Å². The van der Waals surface area contributed by atoms with Crippen molar-refractivity contribution in [2.24, 2.45) is 5.92 Å². The van der Waals surface area contributed by atoms with Gasteiger partial charge in [0.15, 0.2) is 0 Å². The largest absolute Gasteiger partial charge is 0.492 e. The molecule has 0 saturated heterocycles. The lowest BCUT2D eigenvalue weighted by Gasteiger charge is -2.31. The second kappa shape index (κ2) is 12.6. The lowest BCUT2D eigenvalue weighted by atomic mass is 9.73. The summed E-state index contributed by atoms with van der Waals surface area (Å²) in [5.41, 5.74) is 6.56. The molecule has 3 N–H and O–H groups in total. The number of hydrogen-bond acceptors (Lipinski definition) is 3. The first-order valence-corrected chi connectivity index (χ1v) is 13.5. The summed E-state index contributed by atoms with van der Waals surface area (Å²) in [5.74, 6) is 0.900. The monoisotopic (exact) mass is 523 g/mol. The molecule has 0 radical (unpaired) electrons. The van der Waals surface area contributed by atoms with Crippen molar-refractivity contribution in [2.75, 3.05) is 26.7 Å². The van der Waals surface area contributed by atoms with Crippen LogP contribution in [0.5, 0.6) is 5.75 Å². The number of carbonyl (C=O) groups is 1. The van der Waals surface area contributed by atoms with E-state index in [1.807, 2.05) is 30.3 Å². The van der Waals surface area contributed by atoms with Crippen LogP contribution in [0, 0.1) is 11.7 Å². The maximum absolute atomic E-state index is 14.6. The van der Waals surface area contributed by atoms with Gasteiger partial charge in [-0.25, -0.2) is 4.39 Å². The number of halogens is 1. The summed E-state index contributed by atoms with van der Waals surface area (Å²) >= 11 is 0. The van der Waals surface area contributed by atoms with Crippen LogP contribution in [0.1, 0.15) is 36.0 Å². The number of benzene rings is 3. The fourth-order valence-electron chi connectivity index (χ4n) is 5.01. The van der Waals surface area contributed by atoms with Crippen LogP contribution in [-0.4, -0.2) is 37.6 Å². The highest BCUT2D eigenvalue weighted by atomic mass is 19.1. The number of likely N-dealkylation sites (N-methyl/N-ethyl adjacent to an activating group) is 1. The van der Waals surface area contributed by atoms with Crippen molar-refractivity contribution < 1.29 is 13.9 Å². The molecule has 5 nitrogen and oxygen atoms in total. The molecule has 1 aliphatic rings. The third kappa shape index (κ3) is 6.29. The van der Waals surface area contributed by atoms with E-state index in [0.29, 0.717) is 31.0 Å². The van der Waals surface area contributed by atoms with E-state index < -0.39 is 0 Å². The second-order valence-corrected chi connectivity index (χ2v) is 9.77. The molecule has 0 atom stereocenters. The Morgan fingerprint density at radius 2 is 1.79 bits per heavy atom. The molecule has 6 heteroatoms. The number of rotatable bonds is 11. The van der Waals surface area contributed by atoms with Crippen molar-refractivity contribution in [3.05, 3.63) is 114 Å². The van der Waals surface area contributed by atoms with Crippen molar-refractivity contribution >= 4 is 28.0 Å². The Hall–Kier alpha value is -4.16. The molecule has 4 aromatic rings. The smallest absolute Gasteiger partial charge is 0.243 e. The number of ether oxygens (including phenoxy) is 1. The Morgan fingerprint density at radius 1 is 1.03 bits per heavy atom. The van der Waals surface area contributed by atoms with Crippen molar-refractivity contribution in [1.29, 1.82) is 0 Å². The van der Waals surface area contributed by atoms with Gasteiger partial charge in [-0.15, -0.1) is 0 Å². The van der Waals surface area contributed by atoms with Crippen LogP contribution in [0.4, 0.5) is 4.39 Å². The Kier molecular flexibility index (Phi) is 8.54. The zero-order valence-electron chi connectivity index (χ0n) is 22.2. The minimum Gasteiger partial charge on any atom is -0.492 e. The van der Waals surface area contributed by atoms with Gasteiger partial charge in [-0.3, -0.25) is 4.79 Å². The molecule has 1 amide bonds. The highest BCUT2D eigenvalue weighted by Crippen LogP contribution is 2.45. The van der Waals surface area contributed by atoms with E-state index in [9.17, 15) is 9.18 Å². The quantitative estimate of drug-likeness (QED) is 0.122. The number of aromatic nitrogens is 1. The lowest BCUT2D eigenvalue weighted by Crippen LogP contribution is -2.21. The topological polar surface area (TPSA) is 66.2 Å². The molecule has 200 valence electrons. The lowest BCUT2D eigenvalue weighted by molar-refractivity contribution is -0.116. The number of fused-ring (bicyclic) bond motifs is 1. The zero-order chi connectivity index (χ0) is 27.0. The van der Waals surface area contributed by atoms with E-state index in [1.165, 1.54) is 29.8 Å². The van der Waals surface area contributed by atoms with Gasteiger partial charge >= 0.3 is 0 Å². The molecule has 5 rings (SSSR count). The summed E-state index contributed by atoms with van der Waals surface area (Å²) in [5, 5.41) is 6.38. The Balaban J connectivity index is 1.41. The summed E-state index contributed by atoms with van der Waals surface area (Å²) in [6.45, 7) is 1.77. The maximum Gasteiger partial charge on any atom is 0.243 e. The molecule has 1 aliphatic carbocycles. The first-order valence-electron chi connectivity index (χ1n) is 13.5. The minimum atomic E-state index is -0.238. The number of H-pyrrole nitrogens is 1. The van der Waals surface area contributed by atoms with E-state index >= 15 is 0 Å². The molecule has 3 aromatic carbocycles. The van der Waals surface area contributed by atoms with Crippen molar-refractivity contribution in [3.63, 3.8) is 0 Å². The second-order valence-electron chi connectivity index (χ2n) is 9.77. The molecule has 0 bridgehead atoms. The van der Waals surface area contributed by atoms with Gasteiger partial charge in [0.2, 0.25) is 5.91 Å². The number of hydrogen-bond donors (Lipinski definition) is 3. The number of carbonyl (C=O) groups excluding carboxylic acids is 1. The SMILES string of the molecule is CNC(=O)/C=C/CNCCOc1ccc(/C(=C(\c2ccccc2)C2CCC2)c2ccc3[nH]cc(F)c3c2)cc1. The molecule has 0 spiro atoms. The zero-order valence-corrected chi connectivity index (χ0v) is 22.2. The van der Waals surface area contributed by atoms with Gasteiger partial charge in [-0.2, -0.15) is 0 Å². The molecule has 39 heavy (non-hydrogen) atoms. The summed E-state index contributed by atoms with van der Waals surface area (Å²) in [7, 11) is 1.61. The third-order valence-electron chi connectivity index (χ3n) is 7.26. The predicted molar refractivity (Wildman–Crippen MR) is 156 cm³/mol. The van der Waals surface area contributed by atoms with Crippen LogP contribution in [0.3, 0.4) is 0 Å². The van der Waals surface area contributed by atoms with Gasteiger partial charge in [0, 0.05) is 43.3 Å². The van der Waals surface area contributed by atoms with Crippen LogP contribution in [0.2, 0.25) is 0 Å². The first-order chi connectivity index (χ1) is 19.1. The molecule has 1 saturated carbocycles. The number of aromatic amines is 1. The van der Waals surface area contributed by atoms with Crippen LogP contribution in [0.25, 0.3) is 22.0 Å². The standard InChI is InChI=1S/C33H34FN3O2/c1-35-31(38)11-6-18-36-19-20-39-27-15-12-25(13-16-27)33(26-14-17-30-28(21-26)29(34)22-37-30)32(24-9-5-10-24)23-7-3-2-4-8-23/h2-4,6-8,11-17,21-22,24,36-37H,5,9-10,18-20H2,1H3,(H,35,38)/b11-6+,33-32-. The van der Waals surface area contributed by atoms with Crippen LogP contribution in [-0.2, 0) is 4.79 Å². The summed E-state index contributed by atoms with van der Waals surface area (Å²) in [4.78, 5) is 14.2. The first kappa shape index (κ1) is 26.4. The Morgan fingerprint density at radius 3 is 2.51 bits per heavy atom. The Bertz CT molecular complexity index is 1470. The molecule has 1 fully saturated rings. The Labute approximate surface area is 228 Å². The molecule has 0 unspecified atom stereocenters. The van der Waals surface area contributed by atoms with Crippen LogP contribution >= 0.6 is 0 Å². The molecule has 1 heterocycles. The number of amides is 1. The number of allylic oxidation sites excluding steroid dienone is 1. The fourth-order valence-corrected chi connectivity index (χ4v) is 5.01. The number of nitrogens with one attached hydrogen (secondary N) is 3. The summed E-state index contributed by atoms with van der Waals surface area (Å²) in [6, 6.07) is 24.8. The van der Waals surface area contributed by atoms with E-state index in [1.54, 1.807) is 13.1 Å². The van der Waals surface area contributed by atoms with Gasteiger partial charge in [0.1, 0.15) is 18.2 Å². The van der Waals surface area contributed by atoms with Crippen molar-refractivity contribution in [3.8, 4) is 5.75 Å². The van der Waals surface area contributed by atoms with E-state index in [-0.39, 0.29) is 11.7 Å². The van der Waals surface area contributed by atoms with Gasteiger partial charge in [0.05, 0.1) is 0 Å². The highest BCUT2D eigenvalue weighted by Gasteiger charge is 2.27. The molecule has 1 aromatic heterocycles. The average Bonchev–Trinajstić information content (AvgIpc) is 3.32. The average molecular weight is 524 g/mol. The normalized spacial score (nSPS) is 14.3. The highest BCUT2D eigenvalue weighted by molar-refractivity contribution is 6.01. The van der Waals surface area contributed by atoms with Crippen molar-refractivity contribution in [2.45, 2.75) is 19.3 Å². The molecular formula is C33H34FN3O2. The minimum absolute atomic E-state index is 0.118. The maximum atomic E-state index is 14.6. The van der Waals surface area contributed by atoms with Crippen molar-refractivity contribution in [1.82, 2.24) is 15.6 Å². The van der Waals surface area contributed by atoms with E-state index in [0.717, 1.165) is 40.8 Å². The van der Waals surface area contributed by atoms with E-state index in [2.05, 4.69) is 58.1 Å². The van der Waals surface area contributed by atoms with Gasteiger partial charge < -0.3 is 20.4 Å². The van der Waals surface area contributed by atoms with Crippen LogP contribution in [0.15, 0.2) is 91.1 Å². The summed E-state index contributed by atoms with van der Waals surface area (Å²) in [6.07, 6.45) is 8.24. The predicted octanol–water partition coefficient (Wildman–Crippen LogP) is 6.34. The third-order valence-corrected chi connectivity index (χ3v) is 7.26.